The topological polar surface area (TPSA) is 98.2 Å². The van der Waals surface area contributed by atoms with E-state index in [9.17, 15) is 9.59 Å². The van der Waals surface area contributed by atoms with Gasteiger partial charge in [0, 0.05) is 31.0 Å². The lowest BCUT2D eigenvalue weighted by molar-refractivity contribution is -0.131. The number of guanidine groups is 1. The molecular formula is C31H41N5O2. The van der Waals surface area contributed by atoms with Crippen LogP contribution in [0.3, 0.4) is 0 Å². The molecule has 1 unspecified atom stereocenters. The van der Waals surface area contributed by atoms with E-state index in [1.54, 1.807) is 19.4 Å². The maximum Gasteiger partial charge on any atom is 0.254 e. The van der Waals surface area contributed by atoms with Crippen LogP contribution in [0, 0.1) is 17.2 Å². The first kappa shape index (κ1) is 26.4. The van der Waals surface area contributed by atoms with Gasteiger partial charge in [0.1, 0.15) is 5.54 Å². The Kier molecular flexibility index (Phi) is 8.10. The first-order valence-corrected chi connectivity index (χ1v) is 14.4. The number of hydrogen-bond acceptors (Lipinski definition) is 4. The van der Waals surface area contributed by atoms with Crippen LogP contribution in [-0.4, -0.2) is 46.3 Å². The highest BCUT2D eigenvalue weighted by Gasteiger charge is 2.49. The highest BCUT2D eigenvalue weighted by molar-refractivity contribution is 6.07. The molecule has 2 aliphatic carbocycles. The first-order chi connectivity index (χ1) is 18.4. The van der Waals surface area contributed by atoms with Crippen LogP contribution < -0.4 is 10.6 Å². The predicted octanol–water partition coefficient (Wildman–Crippen LogP) is 5.52. The molecule has 1 aliphatic heterocycles. The zero-order chi connectivity index (χ0) is 26.5. The van der Waals surface area contributed by atoms with Crippen LogP contribution in [0.2, 0.25) is 0 Å². The van der Waals surface area contributed by atoms with E-state index in [0.29, 0.717) is 17.4 Å². The summed E-state index contributed by atoms with van der Waals surface area (Å²) in [4.78, 5) is 32.4. The molecule has 2 amide bonds. The lowest BCUT2D eigenvalue weighted by Crippen LogP contribution is -2.50. The van der Waals surface area contributed by atoms with Crippen molar-refractivity contribution >= 4 is 17.8 Å². The van der Waals surface area contributed by atoms with Crippen molar-refractivity contribution in [1.29, 1.82) is 5.41 Å². The molecule has 38 heavy (non-hydrogen) atoms. The number of carbonyl (C=O) groups is 2. The van der Waals surface area contributed by atoms with Gasteiger partial charge in [-0.3, -0.25) is 24.9 Å². The molecular weight excluding hydrogens is 474 g/mol. The second-order valence-corrected chi connectivity index (χ2v) is 11.7. The summed E-state index contributed by atoms with van der Waals surface area (Å²) in [5.41, 5.74) is 1.85. The molecule has 2 saturated carbocycles. The Morgan fingerprint density at radius 2 is 1.82 bits per heavy atom. The fourth-order valence-corrected chi connectivity index (χ4v) is 6.84. The molecule has 0 radical (unpaired) electrons. The molecule has 2 aromatic rings. The van der Waals surface area contributed by atoms with E-state index in [1.165, 1.54) is 37.0 Å². The van der Waals surface area contributed by atoms with Crippen LogP contribution in [0.15, 0.2) is 48.8 Å². The van der Waals surface area contributed by atoms with Gasteiger partial charge in [0.25, 0.3) is 11.8 Å². The summed E-state index contributed by atoms with van der Waals surface area (Å²) in [5, 5.41) is 14.9. The number of hydrogen-bond donors (Lipinski definition) is 3. The summed E-state index contributed by atoms with van der Waals surface area (Å²) >= 11 is 0. The Morgan fingerprint density at radius 1 is 1.05 bits per heavy atom. The van der Waals surface area contributed by atoms with Crippen LogP contribution in [0.25, 0.3) is 11.1 Å². The van der Waals surface area contributed by atoms with Crippen LogP contribution in [-0.2, 0) is 4.79 Å². The van der Waals surface area contributed by atoms with Gasteiger partial charge >= 0.3 is 0 Å². The molecule has 3 atom stereocenters. The minimum absolute atomic E-state index is 0.0354. The van der Waals surface area contributed by atoms with Gasteiger partial charge in [0.15, 0.2) is 5.96 Å². The number of aromatic nitrogens is 1. The van der Waals surface area contributed by atoms with E-state index in [-0.39, 0.29) is 23.8 Å². The molecule has 0 spiro atoms. The van der Waals surface area contributed by atoms with Gasteiger partial charge in [-0.2, -0.15) is 0 Å². The largest absolute Gasteiger partial charge is 0.349 e. The zero-order valence-corrected chi connectivity index (χ0v) is 22.5. The number of nitrogens with zero attached hydrogens (tertiary/aromatic N) is 2. The molecule has 0 bridgehead atoms. The summed E-state index contributed by atoms with van der Waals surface area (Å²) in [6, 6.07) is 12.0. The number of pyridine rings is 1. The highest BCUT2D eigenvalue weighted by Crippen LogP contribution is 2.38. The number of carbonyl (C=O) groups excluding carboxylic acids is 2. The smallest absolute Gasteiger partial charge is 0.254 e. The van der Waals surface area contributed by atoms with Crippen molar-refractivity contribution in [3.8, 4) is 11.1 Å². The monoisotopic (exact) mass is 515 g/mol. The molecule has 5 rings (SSSR count). The van der Waals surface area contributed by atoms with Crippen LogP contribution >= 0.6 is 0 Å². The van der Waals surface area contributed by atoms with Crippen molar-refractivity contribution in [2.45, 2.75) is 88.6 Å². The third-order valence-electron chi connectivity index (χ3n) is 8.97. The second kappa shape index (κ2) is 11.7. The fraction of sp³-hybridized carbons (Fsp3) is 0.548. The maximum atomic E-state index is 13.4. The third kappa shape index (κ3) is 5.92. The molecule has 7 heteroatoms. The van der Waals surface area contributed by atoms with Crippen molar-refractivity contribution in [2.24, 2.45) is 11.8 Å². The normalized spacial score (nSPS) is 26.3. The van der Waals surface area contributed by atoms with E-state index < -0.39 is 5.54 Å². The zero-order valence-electron chi connectivity index (χ0n) is 22.5. The Labute approximate surface area is 226 Å². The molecule has 2 heterocycles. The SMILES string of the molecule is CN1C(=N)N[C@](CCC2CCCCC2)(C[C@H]2CCCC(NC(=O)c3cncc(-c4ccccc4)c3)C2)C1=O. The van der Waals surface area contributed by atoms with Crippen molar-refractivity contribution in [2.75, 3.05) is 7.05 Å². The summed E-state index contributed by atoms with van der Waals surface area (Å²) in [7, 11) is 1.71. The molecule has 202 valence electrons. The number of rotatable bonds is 8. The summed E-state index contributed by atoms with van der Waals surface area (Å²) < 4.78 is 0. The van der Waals surface area contributed by atoms with Crippen molar-refractivity contribution in [1.82, 2.24) is 20.5 Å². The molecule has 1 aromatic heterocycles. The lowest BCUT2D eigenvalue weighted by atomic mass is 9.74. The van der Waals surface area contributed by atoms with Crippen molar-refractivity contribution < 1.29 is 9.59 Å². The number of amides is 2. The van der Waals surface area contributed by atoms with E-state index in [4.69, 9.17) is 5.41 Å². The summed E-state index contributed by atoms with van der Waals surface area (Å²) in [5.74, 6) is 1.17. The number of nitrogens with one attached hydrogen (secondary N) is 3. The van der Waals surface area contributed by atoms with Gasteiger partial charge in [-0.15, -0.1) is 0 Å². The molecule has 3 aliphatic rings. The molecule has 3 N–H and O–H groups in total. The van der Waals surface area contributed by atoms with Gasteiger partial charge in [-0.25, -0.2) is 0 Å². The number of benzene rings is 1. The van der Waals surface area contributed by atoms with Crippen LogP contribution in [0.4, 0.5) is 0 Å². The second-order valence-electron chi connectivity index (χ2n) is 11.7. The Balaban J connectivity index is 1.23. The predicted molar refractivity (Wildman–Crippen MR) is 150 cm³/mol. The van der Waals surface area contributed by atoms with E-state index in [2.05, 4.69) is 15.6 Å². The van der Waals surface area contributed by atoms with E-state index in [0.717, 1.165) is 56.1 Å². The van der Waals surface area contributed by atoms with Gasteiger partial charge in [0.2, 0.25) is 0 Å². The molecule has 7 nitrogen and oxygen atoms in total. The molecule has 3 fully saturated rings. The lowest BCUT2D eigenvalue weighted by Gasteiger charge is -2.36. The first-order valence-electron chi connectivity index (χ1n) is 14.4. The quantitative estimate of drug-likeness (QED) is 0.431. The van der Waals surface area contributed by atoms with Gasteiger partial charge in [-0.1, -0.05) is 75.3 Å². The minimum Gasteiger partial charge on any atom is -0.349 e. The Bertz CT molecular complexity index is 1150. The average molecular weight is 516 g/mol. The highest BCUT2D eigenvalue weighted by atomic mass is 16.2. The van der Waals surface area contributed by atoms with Crippen molar-refractivity contribution in [3.05, 3.63) is 54.4 Å². The fourth-order valence-electron chi connectivity index (χ4n) is 6.84. The average Bonchev–Trinajstić information content (AvgIpc) is 3.16. The van der Waals surface area contributed by atoms with Crippen molar-refractivity contribution in [3.63, 3.8) is 0 Å². The number of likely N-dealkylation sites (N-methyl/N-ethyl adjacent to an activating group) is 1. The van der Waals surface area contributed by atoms with Gasteiger partial charge in [0.05, 0.1) is 5.56 Å². The minimum atomic E-state index is -0.687. The maximum absolute atomic E-state index is 13.4. The summed E-state index contributed by atoms with van der Waals surface area (Å²) in [6.45, 7) is 0. The van der Waals surface area contributed by atoms with Gasteiger partial charge < -0.3 is 10.6 Å². The van der Waals surface area contributed by atoms with E-state index >= 15 is 0 Å². The van der Waals surface area contributed by atoms with Crippen LogP contribution in [0.1, 0.15) is 87.4 Å². The van der Waals surface area contributed by atoms with E-state index in [1.807, 2.05) is 36.4 Å². The standard InChI is InChI=1S/C31H41N5O2/c1-36-29(38)31(35-30(36)32,16-15-22-9-4-2-5-10-22)19-23-11-8-14-27(17-23)34-28(37)26-18-25(20-33-21-26)24-12-6-3-7-13-24/h3,6-7,12-13,18,20-23,27H,2,4-5,8-11,14-17,19H2,1H3,(H2,32,35)(H,34,37)/t23-,27?,31+/m0/s1. The summed E-state index contributed by atoms with van der Waals surface area (Å²) in [6.07, 6.45) is 16.3. The van der Waals surface area contributed by atoms with Gasteiger partial charge in [-0.05, 0) is 55.6 Å². The Hall–Kier alpha value is -3.22. The third-order valence-corrected chi connectivity index (χ3v) is 8.97. The van der Waals surface area contributed by atoms with Crippen LogP contribution in [0.5, 0.6) is 0 Å². The molecule has 1 aromatic carbocycles. The molecule has 1 saturated heterocycles. The Morgan fingerprint density at radius 3 is 2.55 bits per heavy atom.